The Kier molecular flexibility index (Phi) is 5.10. The van der Waals surface area contributed by atoms with E-state index >= 15 is 0 Å². The van der Waals surface area contributed by atoms with Crippen LogP contribution in [0.2, 0.25) is 0 Å². The van der Waals surface area contributed by atoms with Crippen LogP contribution in [0.3, 0.4) is 0 Å². The van der Waals surface area contributed by atoms with Gasteiger partial charge in [-0.3, -0.25) is 4.79 Å². The molecule has 2 aromatic rings. The predicted octanol–water partition coefficient (Wildman–Crippen LogP) is 1.86. The molecular weight excluding hydrogens is 264 g/mol. The van der Waals surface area contributed by atoms with Crippen LogP contribution in [0.5, 0.6) is 0 Å². The molecule has 1 unspecified atom stereocenters. The number of benzene rings is 1. The molecule has 1 heterocycles. The van der Waals surface area contributed by atoms with Crippen LogP contribution in [0, 0.1) is 12.3 Å². The number of carbonyl (C=O) groups excluding carboxylic acids is 1. The van der Waals surface area contributed by atoms with Gasteiger partial charge in [0.25, 0.3) is 5.91 Å². The van der Waals surface area contributed by atoms with Crippen LogP contribution in [0.25, 0.3) is 0 Å². The van der Waals surface area contributed by atoms with E-state index in [1.807, 2.05) is 31.2 Å². The van der Waals surface area contributed by atoms with E-state index in [4.69, 9.17) is 6.42 Å². The zero-order valence-electron chi connectivity index (χ0n) is 12.0. The summed E-state index contributed by atoms with van der Waals surface area (Å²) in [5.41, 5.74) is 1.54. The first-order chi connectivity index (χ1) is 10.2. The normalized spacial score (nSPS) is 11.6. The summed E-state index contributed by atoms with van der Waals surface area (Å²) >= 11 is 0. The zero-order valence-corrected chi connectivity index (χ0v) is 12.0. The Hall–Kier alpha value is -2.61. The fourth-order valence-electron chi connectivity index (χ4n) is 2.07. The smallest absolute Gasteiger partial charge is 0.251 e. The molecule has 2 rings (SSSR count). The molecule has 1 aromatic carbocycles. The van der Waals surface area contributed by atoms with Crippen LogP contribution < -0.4 is 5.32 Å². The molecule has 0 saturated carbocycles. The maximum Gasteiger partial charge on any atom is 0.251 e. The number of nitrogens with one attached hydrogen (secondary N) is 1. The van der Waals surface area contributed by atoms with E-state index < -0.39 is 0 Å². The van der Waals surface area contributed by atoms with E-state index in [1.54, 1.807) is 11.0 Å². The minimum atomic E-state index is -0.104. The summed E-state index contributed by atoms with van der Waals surface area (Å²) < 4.78 is 1.69. The largest absolute Gasteiger partial charge is 0.348 e. The van der Waals surface area contributed by atoms with Gasteiger partial charge in [-0.1, -0.05) is 25.1 Å². The minimum absolute atomic E-state index is 0.00178. The Morgan fingerprint density at radius 1 is 1.48 bits per heavy atom. The average Bonchev–Trinajstić information content (AvgIpc) is 3.00. The maximum atomic E-state index is 12.4. The second-order valence-electron chi connectivity index (χ2n) is 4.74. The Balaban J connectivity index is 2.15. The summed E-state index contributed by atoms with van der Waals surface area (Å²) in [6.45, 7) is 2.51. The lowest BCUT2D eigenvalue weighted by Gasteiger charge is -2.16. The Morgan fingerprint density at radius 3 is 2.95 bits per heavy atom. The van der Waals surface area contributed by atoms with E-state index in [0.717, 1.165) is 12.0 Å². The van der Waals surface area contributed by atoms with E-state index in [9.17, 15) is 4.79 Å². The van der Waals surface area contributed by atoms with Crippen molar-refractivity contribution in [1.82, 2.24) is 20.1 Å². The van der Waals surface area contributed by atoms with Crippen molar-refractivity contribution in [3.8, 4) is 12.3 Å². The van der Waals surface area contributed by atoms with Crippen LogP contribution >= 0.6 is 0 Å². The molecule has 0 fully saturated rings. The molecular formula is C16H18N4O. The number of aromatic nitrogens is 3. The van der Waals surface area contributed by atoms with Gasteiger partial charge in [-0.05, 0) is 18.1 Å². The highest BCUT2D eigenvalue weighted by Gasteiger charge is 2.14. The van der Waals surface area contributed by atoms with Gasteiger partial charge in [0, 0.05) is 18.0 Å². The number of nitrogens with zero attached hydrogens (tertiary/aromatic N) is 3. The van der Waals surface area contributed by atoms with Crippen molar-refractivity contribution >= 4 is 5.91 Å². The fraction of sp³-hybridized carbons (Fsp3) is 0.312. The molecule has 0 bridgehead atoms. The molecule has 21 heavy (non-hydrogen) atoms. The Bertz CT molecular complexity index is 628. The fourth-order valence-corrected chi connectivity index (χ4v) is 2.07. The highest BCUT2D eigenvalue weighted by Crippen LogP contribution is 2.11. The summed E-state index contributed by atoms with van der Waals surface area (Å²) in [5, 5.41) is 7.04. The molecule has 0 aliphatic carbocycles. The molecule has 0 radical (unpaired) electrons. The molecule has 0 spiro atoms. The van der Waals surface area contributed by atoms with Gasteiger partial charge in [-0.2, -0.15) is 5.10 Å². The summed E-state index contributed by atoms with van der Waals surface area (Å²) in [6, 6.07) is 7.48. The van der Waals surface area contributed by atoms with Crippen molar-refractivity contribution in [2.45, 2.75) is 32.4 Å². The third kappa shape index (κ3) is 3.93. The lowest BCUT2D eigenvalue weighted by atomic mass is 10.1. The van der Waals surface area contributed by atoms with E-state index in [-0.39, 0.29) is 11.9 Å². The van der Waals surface area contributed by atoms with Gasteiger partial charge in [-0.15, -0.1) is 12.3 Å². The molecule has 5 nitrogen and oxygen atoms in total. The molecule has 0 aliphatic rings. The van der Waals surface area contributed by atoms with E-state index in [1.165, 1.54) is 6.33 Å². The Morgan fingerprint density at radius 2 is 2.29 bits per heavy atom. The molecule has 0 aliphatic heterocycles. The topological polar surface area (TPSA) is 59.8 Å². The molecule has 1 amide bonds. The average molecular weight is 282 g/mol. The highest BCUT2D eigenvalue weighted by molar-refractivity contribution is 5.95. The van der Waals surface area contributed by atoms with Crippen molar-refractivity contribution in [3.05, 3.63) is 48.0 Å². The van der Waals surface area contributed by atoms with E-state index in [2.05, 4.69) is 21.3 Å². The quantitative estimate of drug-likeness (QED) is 0.823. The summed E-state index contributed by atoms with van der Waals surface area (Å²) in [6.07, 6.45) is 9.76. The highest BCUT2D eigenvalue weighted by atomic mass is 16.1. The van der Waals surface area contributed by atoms with Crippen LogP contribution in [-0.4, -0.2) is 26.7 Å². The molecule has 5 heteroatoms. The zero-order chi connectivity index (χ0) is 15.1. The van der Waals surface area contributed by atoms with Gasteiger partial charge in [-0.25, -0.2) is 9.67 Å². The van der Waals surface area contributed by atoms with Gasteiger partial charge in [0.05, 0.1) is 6.54 Å². The standard InChI is InChI=1S/C16H18N4O/c1-3-7-14(4-2)19-16(21)15-9-6-5-8-13(15)10-20-12-17-11-18-20/h1,5-6,8-9,11-12,14H,4,7,10H2,2H3,(H,19,21). The molecule has 1 atom stereocenters. The van der Waals surface area contributed by atoms with Gasteiger partial charge < -0.3 is 5.32 Å². The third-order valence-electron chi connectivity index (χ3n) is 3.25. The number of rotatable bonds is 6. The maximum absolute atomic E-state index is 12.4. The second kappa shape index (κ2) is 7.25. The monoisotopic (exact) mass is 282 g/mol. The van der Waals surface area contributed by atoms with Crippen molar-refractivity contribution in [2.75, 3.05) is 0 Å². The first kappa shape index (κ1) is 14.8. The third-order valence-corrected chi connectivity index (χ3v) is 3.25. The van der Waals surface area contributed by atoms with Crippen molar-refractivity contribution in [2.24, 2.45) is 0 Å². The minimum Gasteiger partial charge on any atom is -0.348 e. The molecule has 0 saturated heterocycles. The van der Waals surface area contributed by atoms with Crippen LogP contribution in [0.4, 0.5) is 0 Å². The number of terminal acetylenes is 1. The first-order valence-corrected chi connectivity index (χ1v) is 6.89. The first-order valence-electron chi connectivity index (χ1n) is 6.89. The number of carbonyl (C=O) groups is 1. The van der Waals surface area contributed by atoms with E-state index in [0.29, 0.717) is 18.5 Å². The van der Waals surface area contributed by atoms with Crippen LogP contribution in [0.1, 0.15) is 35.7 Å². The van der Waals surface area contributed by atoms with Gasteiger partial charge in [0.2, 0.25) is 0 Å². The molecule has 108 valence electrons. The predicted molar refractivity (Wildman–Crippen MR) is 80.6 cm³/mol. The summed E-state index contributed by atoms with van der Waals surface area (Å²) in [7, 11) is 0. The van der Waals surface area contributed by atoms with Crippen molar-refractivity contribution < 1.29 is 4.79 Å². The number of hydrogen-bond donors (Lipinski definition) is 1. The second-order valence-corrected chi connectivity index (χ2v) is 4.74. The number of hydrogen-bond acceptors (Lipinski definition) is 3. The van der Waals surface area contributed by atoms with Crippen molar-refractivity contribution in [1.29, 1.82) is 0 Å². The SMILES string of the molecule is C#CCC(CC)NC(=O)c1ccccc1Cn1cncn1. The van der Waals surface area contributed by atoms with Gasteiger partial charge >= 0.3 is 0 Å². The number of amides is 1. The molecule has 1 N–H and O–H groups in total. The Labute approximate surface area is 124 Å². The lowest BCUT2D eigenvalue weighted by molar-refractivity contribution is 0.0935. The lowest BCUT2D eigenvalue weighted by Crippen LogP contribution is -2.34. The summed E-state index contributed by atoms with van der Waals surface area (Å²) in [5.74, 6) is 2.49. The van der Waals surface area contributed by atoms with Crippen molar-refractivity contribution in [3.63, 3.8) is 0 Å². The van der Waals surface area contributed by atoms with Gasteiger partial charge in [0.15, 0.2) is 0 Å². The van der Waals surface area contributed by atoms with Gasteiger partial charge in [0.1, 0.15) is 12.7 Å². The molecule has 1 aromatic heterocycles. The van der Waals surface area contributed by atoms with Crippen LogP contribution in [-0.2, 0) is 6.54 Å². The van der Waals surface area contributed by atoms with Crippen LogP contribution in [0.15, 0.2) is 36.9 Å². The summed E-state index contributed by atoms with van der Waals surface area (Å²) in [4.78, 5) is 16.3.